The molecule has 2 aliphatic rings. The fourth-order valence-corrected chi connectivity index (χ4v) is 5.28. The van der Waals surface area contributed by atoms with E-state index in [0.29, 0.717) is 12.0 Å². The first-order chi connectivity index (χ1) is 16.2. The lowest BCUT2D eigenvalue weighted by atomic mass is 9.90. The van der Waals surface area contributed by atoms with Crippen molar-refractivity contribution in [1.29, 1.82) is 0 Å². The molecule has 2 fully saturated rings. The molecule has 0 bridgehead atoms. The minimum Gasteiger partial charge on any atom is -0.350 e. The highest BCUT2D eigenvalue weighted by molar-refractivity contribution is 5.86. The highest BCUT2D eigenvalue weighted by Gasteiger charge is 2.28. The van der Waals surface area contributed by atoms with Crippen LogP contribution >= 0.6 is 0 Å². The molecule has 0 radical (unpaired) electrons. The fraction of sp³-hybridized carbons (Fsp3) is 0.440. The van der Waals surface area contributed by atoms with Gasteiger partial charge in [0.05, 0.1) is 11.7 Å². The third kappa shape index (κ3) is 4.16. The van der Waals surface area contributed by atoms with Crippen LogP contribution in [0.1, 0.15) is 25.7 Å². The van der Waals surface area contributed by atoms with Crippen molar-refractivity contribution in [1.82, 2.24) is 34.4 Å². The summed E-state index contributed by atoms with van der Waals surface area (Å²) < 4.78 is 1.91. The molecule has 8 nitrogen and oxygen atoms in total. The van der Waals surface area contributed by atoms with E-state index in [2.05, 4.69) is 49.2 Å². The van der Waals surface area contributed by atoms with Gasteiger partial charge in [-0.25, -0.2) is 19.5 Å². The van der Waals surface area contributed by atoms with E-state index in [1.165, 1.54) is 51.9 Å². The maximum Gasteiger partial charge on any atom is 0.241 e. The predicted molar refractivity (Wildman–Crippen MR) is 130 cm³/mol. The smallest absolute Gasteiger partial charge is 0.241 e. The fourth-order valence-electron chi connectivity index (χ4n) is 5.28. The number of hydrogen-bond acceptors (Lipinski definition) is 7. The molecule has 0 spiro atoms. The Morgan fingerprint density at radius 2 is 1.79 bits per heavy atom. The lowest BCUT2D eigenvalue weighted by molar-refractivity contribution is 0.0893. The summed E-state index contributed by atoms with van der Waals surface area (Å²) in [7, 11) is 2.22. The van der Waals surface area contributed by atoms with E-state index >= 15 is 0 Å². The second kappa shape index (κ2) is 8.68. The second-order valence-corrected chi connectivity index (χ2v) is 9.40. The monoisotopic (exact) mass is 442 g/mol. The summed E-state index contributed by atoms with van der Waals surface area (Å²) in [4.78, 5) is 18.6. The standard InChI is InChI=1S/C25H30N8/c1-31-11-13-32(14-12-31)21-6-4-20(5-7-21)29-25-28-17-23-22(8-10-33(23)30-25)19-15-18-3-2-9-26-24(18)27-16-19/h2-3,8-10,15-17,20-21H,4-7,11-14H2,1H3,(H,29,30)/t20-,21+. The molecule has 1 N–H and O–H groups in total. The van der Waals surface area contributed by atoms with Crippen molar-refractivity contribution in [3.8, 4) is 11.1 Å². The van der Waals surface area contributed by atoms with Gasteiger partial charge in [0.15, 0.2) is 5.65 Å². The number of fused-ring (bicyclic) bond motifs is 2. The molecule has 1 aliphatic heterocycles. The Labute approximate surface area is 193 Å². The lowest BCUT2D eigenvalue weighted by Crippen LogP contribution is -2.50. The Hall–Kier alpha value is -3.10. The molecule has 33 heavy (non-hydrogen) atoms. The van der Waals surface area contributed by atoms with Crippen LogP contribution in [0.25, 0.3) is 27.7 Å². The van der Waals surface area contributed by atoms with E-state index in [1.807, 2.05) is 35.2 Å². The van der Waals surface area contributed by atoms with Crippen LogP contribution in [0.2, 0.25) is 0 Å². The molecular weight excluding hydrogens is 412 g/mol. The maximum absolute atomic E-state index is 4.74. The van der Waals surface area contributed by atoms with Gasteiger partial charge in [-0.05, 0) is 57.0 Å². The molecule has 0 aromatic carbocycles. The number of nitrogens with one attached hydrogen (secondary N) is 1. The number of nitrogens with zero attached hydrogens (tertiary/aromatic N) is 7. The first kappa shape index (κ1) is 20.5. The van der Waals surface area contributed by atoms with E-state index in [4.69, 9.17) is 5.10 Å². The third-order valence-electron chi connectivity index (χ3n) is 7.27. The average molecular weight is 443 g/mol. The predicted octanol–water partition coefficient (Wildman–Crippen LogP) is 3.31. The number of aromatic nitrogens is 5. The molecule has 4 aromatic rings. The van der Waals surface area contributed by atoms with Crippen molar-refractivity contribution >= 4 is 22.5 Å². The maximum atomic E-state index is 4.74. The van der Waals surface area contributed by atoms with Crippen LogP contribution in [0.4, 0.5) is 5.95 Å². The number of piperazine rings is 1. The van der Waals surface area contributed by atoms with Gasteiger partial charge in [-0.15, -0.1) is 5.10 Å². The molecule has 1 saturated carbocycles. The quantitative estimate of drug-likeness (QED) is 0.520. The Balaban J connectivity index is 1.13. The van der Waals surface area contributed by atoms with Gasteiger partial charge in [-0.3, -0.25) is 4.90 Å². The lowest BCUT2D eigenvalue weighted by Gasteiger charge is -2.41. The Kier molecular flexibility index (Phi) is 5.39. The van der Waals surface area contributed by atoms with E-state index in [1.54, 1.807) is 6.20 Å². The van der Waals surface area contributed by atoms with Gasteiger partial charge in [0, 0.05) is 73.4 Å². The van der Waals surface area contributed by atoms with Gasteiger partial charge in [-0.1, -0.05) is 0 Å². The third-order valence-corrected chi connectivity index (χ3v) is 7.27. The van der Waals surface area contributed by atoms with Gasteiger partial charge < -0.3 is 10.2 Å². The van der Waals surface area contributed by atoms with Crippen LogP contribution in [0, 0.1) is 0 Å². The Bertz CT molecular complexity index is 1250. The van der Waals surface area contributed by atoms with E-state index in [9.17, 15) is 0 Å². The van der Waals surface area contributed by atoms with E-state index in [0.717, 1.165) is 33.7 Å². The summed E-state index contributed by atoms with van der Waals surface area (Å²) in [5, 5.41) is 9.36. The molecule has 0 amide bonds. The van der Waals surface area contributed by atoms with Crippen molar-refractivity contribution in [2.45, 2.75) is 37.8 Å². The summed E-state index contributed by atoms with van der Waals surface area (Å²) in [6, 6.07) is 9.35. The van der Waals surface area contributed by atoms with Crippen LogP contribution in [0.3, 0.4) is 0 Å². The molecule has 170 valence electrons. The summed E-state index contributed by atoms with van der Waals surface area (Å²) in [5.74, 6) is 0.702. The normalized spacial score (nSPS) is 22.7. The summed E-state index contributed by atoms with van der Waals surface area (Å²) >= 11 is 0. The molecule has 6 rings (SSSR count). The van der Waals surface area contributed by atoms with Gasteiger partial charge in [0.2, 0.25) is 5.95 Å². The second-order valence-electron chi connectivity index (χ2n) is 9.40. The molecule has 0 unspecified atom stereocenters. The van der Waals surface area contributed by atoms with E-state index < -0.39 is 0 Å². The van der Waals surface area contributed by atoms with Crippen LogP contribution in [0.5, 0.6) is 0 Å². The topological polar surface area (TPSA) is 74.5 Å². The van der Waals surface area contributed by atoms with E-state index in [-0.39, 0.29) is 0 Å². The van der Waals surface area contributed by atoms with Crippen molar-refractivity contribution in [2.24, 2.45) is 0 Å². The average Bonchev–Trinajstić information content (AvgIpc) is 3.28. The minimum atomic E-state index is 0.443. The van der Waals surface area contributed by atoms with Gasteiger partial charge in [0.25, 0.3) is 0 Å². The highest BCUT2D eigenvalue weighted by Crippen LogP contribution is 2.28. The minimum absolute atomic E-state index is 0.443. The van der Waals surface area contributed by atoms with Crippen molar-refractivity contribution < 1.29 is 0 Å². The zero-order valence-corrected chi connectivity index (χ0v) is 19.1. The number of anilines is 1. The van der Waals surface area contributed by atoms with Crippen molar-refractivity contribution in [3.63, 3.8) is 0 Å². The molecule has 5 heterocycles. The molecular formula is C25H30N8. The van der Waals surface area contributed by atoms with Crippen LogP contribution in [-0.4, -0.2) is 79.7 Å². The van der Waals surface area contributed by atoms with Gasteiger partial charge >= 0.3 is 0 Å². The van der Waals surface area contributed by atoms with Crippen LogP contribution in [0.15, 0.2) is 49.1 Å². The Morgan fingerprint density at radius 3 is 2.64 bits per heavy atom. The van der Waals surface area contributed by atoms with Crippen LogP contribution < -0.4 is 5.32 Å². The highest BCUT2D eigenvalue weighted by atomic mass is 15.3. The SMILES string of the molecule is CN1CCN([C@H]2CC[C@@H](Nc3ncc4c(-c5cnc6ncccc6c5)ccn4n3)CC2)CC1. The summed E-state index contributed by atoms with van der Waals surface area (Å²) in [6.45, 7) is 4.80. The largest absolute Gasteiger partial charge is 0.350 e. The van der Waals surface area contributed by atoms with Crippen LogP contribution in [-0.2, 0) is 0 Å². The molecule has 1 aliphatic carbocycles. The molecule has 0 atom stereocenters. The number of likely N-dealkylation sites (N-methyl/N-ethyl adjacent to an activating group) is 1. The Morgan fingerprint density at radius 1 is 0.939 bits per heavy atom. The van der Waals surface area contributed by atoms with Gasteiger partial charge in [-0.2, -0.15) is 0 Å². The molecule has 4 aromatic heterocycles. The molecule has 1 saturated heterocycles. The number of rotatable bonds is 4. The molecule has 8 heteroatoms. The zero-order valence-electron chi connectivity index (χ0n) is 19.1. The van der Waals surface area contributed by atoms with Crippen molar-refractivity contribution in [2.75, 3.05) is 38.5 Å². The van der Waals surface area contributed by atoms with Crippen molar-refractivity contribution in [3.05, 3.63) is 49.1 Å². The summed E-state index contributed by atoms with van der Waals surface area (Å²) in [5.41, 5.74) is 3.86. The number of hydrogen-bond donors (Lipinski definition) is 1. The number of pyridine rings is 2. The van der Waals surface area contributed by atoms with Gasteiger partial charge in [0.1, 0.15) is 0 Å². The summed E-state index contributed by atoms with van der Waals surface area (Å²) in [6.07, 6.45) is 12.4. The first-order valence-corrected chi connectivity index (χ1v) is 12.0. The first-order valence-electron chi connectivity index (χ1n) is 12.0. The zero-order chi connectivity index (χ0) is 22.2.